The van der Waals surface area contributed by atoms with Gasteiger partial charge in [0, 0.05) is 45.0 Å². The van der Waals surface area contributed by atoms with Crippen molar-refractivity contribution in [3.05, 3.63) is 41.5 Å². The van der Waals surface area contributed by atoms with Crippen LogP contribution in [-0.4, -0.2) is 64.3 Å². The van der Waals surface area contributed by atoms with Crippen LogP contribution < -0.4 is 11.1 Å². The van der Waals surface area contributed by atoms with Gasteiger partial charge in [-0.25, -0.2) is 9.97 Å². The van der Waals surface area contributed by atoms with Crippen LogP contribution >= 0.6 is 0 Å². The number of amides is 2. The van der Waals surface area contributed by atoms with E-state index in [2.05, 4.69) is 34.7 Å². The second kappa shape index (κ2) is 15.4. The van der Waals surface area contributed by atoms with Crippen LogP contribution in [0.3, 0.4) is 0 Å². The summed E-state index contributed by atoms with van der Waals surface area (Å²) in [6.45, 7) is 12.6. The lowest BCUT2D eigenvalue weighted by molar-refractivity contribution is -0.144. The number of nitrogen functional groups attached to an aromatic ring is 1. The fraction of sp³-hybridized carbons (Fsp3) is 0.520. The minimum absolute atomic E-state index is 0.193. The van der Waals surface area contributed by atoms with Crippen molar-refractivity contribution in [2.24, 2.45) is 0 Å². The van der Waals surface area contributed by atoms with Gasteiger partial charge in [0.2, 0.25) is 11.7 Å². The van der Waals surface area contributed by atoms with Crippen molar-refractivity contribution in [3.63, 3.8) is 0 Å². The second-order valence-corrected chi connectivity index (χ2v) is 7.10. The van der Waals surface area contributed by atoms with Crippen molar-refractivity contribution < 1.29 is 22.8 Å². The number of likely N-dealkylation sites (tertiary alicyclic amines) is 1. The van der Waals surface area contributed by atoms with Gasteiger partial charge in [0.25, 0.3) is 5.91 Å². The van der Waals surface area contributed by atoms with Gasteiger partial charge in [-0.15, -0.1) is 12.8 Å². The Labute approximate surface area is 211 Å². The third-order valence-corrected chi connectivity index (χ3v) is 5.39. The van der Waals surface area contributed by atoms with E-state index < -0.39 is 29.8 Å². The number of rotatable bonds is 3. The molecule has 200 valence electrons. The molecule has 3 heterocycles. The molecule has 36 heavy (non-hydrogen) atoms. The highest BCUT2D eigenvalue weighted by molar-refractivity contribution is 5.98. The summed E-state index contributed by atoms with van der Waals surface area (Å²) in [5.41, 5.74) is 7.49. The average molecular weight is 511 g/mol. The number of hydrogen-bond donors (Lipinski definition) is 2. The molecule has 1 atom stereocenters. The van der Waals surface area contributed by atoms with Gasteiger partial charge in [0.05, 0.1) is 6.04 Å². The predicted molar refractivity (Wildman–Crippen MR) is 136 cm³/mol. The molecule has 3 rings (SSSR count). The van der Waals surface area contributed by atoms with E-state index in [0.717, 1.165) is 23.9 Å². The molecule has 0 radical (unpaired) electrons. The van der Waals surface area contributed by atoms with E-state index >= 15 is 0 Å². The molecule has 1 unspecified atom stereocenters. The Bertz CT molecular complexity index is 943. The number of nitrogens with zero attached hydrogens (tertiary/aromatic N) is 4. The molecule has 8 nitrogen and oxygen atoms in total. The molecule has 1 fully saturated rings. The Morgan fingerprint density at radius 3 is 2.31 bits per heavy atom. The summed E-state index contributed by atoms with van der Waals surface area (Å²) in [4.78, 5) is 35.1. The van der Waals surface area contributed by atoms with E-state index in [0.29, 0.717) is 25.9 Å². The van der Waals surface area contributed by atoms with Crippen molar-refractivity contribution in [1.82, 2.24) is 25.1 Å². The third kappa shape index (κ3) is 7.73. The highest BCUT2D eigenvalue weighted by Crippen LogP contribution is 2.32. The zero-order valence-corrected chi connectivity index (χ0v) is 21.7. The number of hydrogen-bond acceptors (Lipinski definition) is 6. The van der Waals surface area contributed by atoms with Gasteiger partial charge in [0.1, 0.15) is 11.4 Å². The molecule has 1 aromatic rings. The number of aromatic nitrogens is 2. The van der Waals surface area contributed by atoms with Crippen LogP contribution in [0.2, 0.25) is 0 Å². The van der Waals surface area contributed by atoms with E-state index in [4.69, 9.17) is 5.73 Å². The second-order valence-electron chi connectivity index (χ2n) is 7.10. The normalized spacial score (nSPS) is 16.9. The molecular weight excluding hydrogens is 473 g/mol. The highest BCUT2D eigenvalue weighted by Gasteiger charge is 2.39. The van der Waals surface area contributed by atoms with Crippen molar-refractivity contribution in [3.8, 4) is 12.8 Å². The number of halogens is 3. The Hall–Kier alpha value is -3.55. The van der Waals surface area contributed by atoms with Crippen molar-refractivity contribution >= 4 is 17.6 Å². The standard InChI is InChI=1S/C19H23F3N6O2.2C2H6.C2H2/c1-3-15(29)27-7-4-5-11-13(24-2)6-8-28(14(11)10-27)17(30)12-9-25-18(19(20,21)22)26-16(12)23;3*1-2/h3,9,14,24H,1,4-8,10H2,2H3,(H2,23,25,26);2*1-2H3;1-2H. The van der Waals surface area contributed by atoms with Crippen LogP contribution in [0.5, 0.6) is 0 Å². The summed E-state index contributed by atoms with van der Waals surface area (Å²) < 4.78 is 38.5. The first-order valence-corrected chi connectivity index (χ1v) is 11.8. The number of carbonyl (C=O) groups excluding carboxylic acids is 2. The fourth-order valence-corrected chi connectivity index (χ4v) is 3.93. The van der Waals surface area contributed by atoms with Gasteiger partial charge < -0.3 is 20.9 Å². The van der Waals surface area contributed by atoms with Gasteiger partial charge in [-0.2, -0.15) is 13.2 Å². The summed E-state index contributed by atoms with van der Waals surface area (Å²) in [5, 5.41) is 3.17. The lowest BCUT2D eigenvalue weighted by Gasteiger charge is -2.39. The van der Waals surface area contributed by atoms with Crippen molar-refractivity contribution in [2.45, 2.75) is 59.2 Å². The molecular formula is C25H37F3N6O2. The zero-order valence-electron chi connectivity index (χ0n) is 21.7. The molecule has 0 aromatic carbocycles. The van der Waals surface area contributed by atoms with Gasteiger partial charge in [-0.3, -0.25) is 9.59 Å². The first-order valence-electron chi connectivity index (χ1n) is 11.8. The largest absolute Gasteiger partial charge is 0.451 e. The minimum Gasteiger partial charge on any atom is -0.391 e. The first-order chi connectivity index (χ1) is 17.2. The number of carbonyl (C=O) groups is 2. The molecule has 0 saturated carbocycles. The molecule has 0 spiro atoms. The molecule has 2 amide bonds. The third-order valence-electron chi connectivity index (χ3n) is 5.39. The van der Waals surface area contributed by atoms with Crippen molar-refractivity contribution in [1.29, 1.82) is 0 Å². The lowest BCUT2D eigenvalue weighted by Crippen LogP contribution is -2.51. The monoisotopic (exact) mass is 510 g/mol. The molecule has 0 bridgehead atoms. The quantitative estimate of drug-likeness (QED) is 0.473. The number of nitrogens with two attached hydrogens (primary N) is 1. The van der Waals surface area contributed by atoms with Crippen LogP contribution in [0.1, 0.15) is 63.1 Å². The van der Waals surface area contributed by atoms with Crippen LogP contribution in [-0.2, 0) is 11.0 Å². The summed E-state index contributed by atoms with van der Waals surface area (Å²) in [6, 6.07) is -0.429. The van der Waals surface area contributed by atoms with E-state index in [1.165, 1.54) is 11.0 Å². The van der Waals surface area contributed by atoms with Gasteiger partial charge >= 0.3 is 6.18 Å². The molecule has 2 aliphatic heterocycles. The molecule has 0 aliphatic carbocycles. The summed E-state index contributed by atoms with van der Waals surface area (Å²) in [7, 11) is 1.80. The Morgan fingerprint density at radius 1 is 1.19 bits per heavy atom. The number of terminal acetylenes is 1. The number of alkyl halides is 3. The zero-order chi connectivity index (χ0) is 28.1. The molecule has 1 saturated heterocycles. The summed E-state index contributed by atoms with van der Waals surface area (Å²) in [6.07, 6.45) is 7.25. The molecule has 3 N–H and O–H groups in total. The molecule has 11 heteroatoms. The van der Waals surface area contributed by atoms with Crippen LogP contribution in [0, 0.1) is 12.8 Å². The van der Waals surface area contributed by atoms with Crippen LogP contribution in [0.15, 0.2) is 30.1 Å². The van der Waals surface area contributed by atoms with Crippen LogP contribution in [0.25, 0.3) is 0 Å². The Balaban J connectivity index is 0.00000190. The lowest BCUT2D eigenvalue weighted by atomic mass is 9.93. The maximum absolute atomic E-state index is 13.2. The summed E-state index contributed by atoms with van der Waals surface area (Å²) in [5.74, 6) is -2.73. The van der Waals surface area contributed by atoms with Gasteiger partial charge in [-0.1, -0.05) is 34.3 Å². The highest BCUT2D eigenvalue weighted by atomic mass is 19.4. The number of fused-ring (bicyclic) bond motifs is 1. The first kappa shape index (κ1) is 32.5. The molecule has 1 aromatic heterocycles. The SMILES string of the molecule is C#C.C=CC(=O)N1CCCC2=C(NC)CCN(C(=O)c3cnc(C(F)(F)F)nc3N)C2C1.CC.CC. The van der Waals surface area contributed by atoms with Gasteiger partial charge in [0.15, 0.2) is 0 Å². The number of nitrogens with one attached hydrogen (secondary N) is 1. The van der Waals surface area contributed by atoms with E-state index in [-0.39, 0.29) is 18.0 Å². The topological polar surface area (TPSA) is 104 Å². The maximum atomic E-state index is 13.2. The predicted octanol–water partition coefficient (Wildman–Crippen LogP) is 3.88. The van der Waals surface area contributed by atoms with E-state index in [1.54, 1.807) is 11.9 Å². The van der Waals surface area contributed by atoms with E-state index in [9.17, 15) is 22.8 Å². The fourth-order valence-electron chi connectivity index (χ4n) is 3.93. The Kier molecular flexibility index (Phi) is 13.9. The van der Waals surface area contributed by atoms with E-state index in [1.807, 2.05) is 27.7 Å². The Morgan fingerprint density at radius 2 is 1.81 bits per heavy atom. The number of anilines is 1. The minimum atomic E-state index is -4.76. The van der Waals surface area contributed by atoms with Crippen LogP contribution in [0.4, 0.5) is 19.0 Å². The maximum Gasteiger partial charge on any atom is 0.451 e. The molecule has 2 aliphatic rings. The average Bonchev–Trinajstić information content (AvgIpc) is 3.13. The smallest absolute Gasteiger partial charge is 0.391 e. The summed E-state index contributed by atoms with van der Waals surface area (Å²) >= 11 is 0. The van der Waals surface area contributed by atoms with Crippen molar-refractivity contribution in [2.75, 3.05) is 32.4 Å². The van der Waals surface area contributed by atoms with Gasteiger partial charge in [-0.05, 0) is 24.5 Å².